The van der Waals surface area contributed by atoms with Crippen molar-refractivity contribution < 1.29 is 4.39 Å². The highest BCUT2D eigenvalue weighted by Gasteiger charge is 2.01. The van der Waals surface area contributed by atoms with Crippen molar-refractivity contribution in [2.75, 3.05) is 0 Å². The normalized spacial score (nSPS) is 10.2. The fourth-order valence-corrected chi connectivity index (χ4v) is 3.77. The van der Waals surface area contributed by atoms with E-state index in [9.17, 15) is 4.39 Å². The summed E-state index contributed by atoms with van der Waals surface area (Å²) in [7, 11) is 0. The molecule has 0 bridgehead atoms. The lowest BCUT2D eigenvalue weighted by molar-refractivity contribution is 0.628. The first kappa shape index (κ1) is 17.5. The van der Waals surface area contributed by atoms with Crippen LogP contribution in [0.2, 0.25) is 0 Å². The van der Waals surface area contributed by atoms with Crippen molar-refractivity contribution in [2.24, 2.45) is 0 Å². The van der Waals surface area contributed by atoms with Gasteiger partial charge in [0.05, 0.1) is 19.8 Å². The van der Waals surface area contributed by atoms with Crippen molar-refractivity contribution in [2.45, 2.75) is 13.8 Å². The molecule has 2 aromatic heterocycles. The SMILES string of the molecule is Cc1ncc(-c2ccc(F)cc2)s1.Cc1ncc(-c2ccccc2)s1. The average Bonchev–Trinajstić information content (AvgIpc) is 3.26. The van der Waals surface area contributed by atoms with E-state index in [1.54, 1.807) is 34.8 Å². The van der Waals surface area contributed by atoms with Gasteiger partial charge in [-0.2, -0.15) is 0 Å². The Labute approximate surface area is 154 Å². The molecule has 4 aromatic rings. The third-order valence-electron chi connectivity index (χ3n) is 3.43. The third kappa shape index (κ3) is 4.81. The maximum Gasteiger partial charge on any atom is 0.123 e. The Kier molecular flexibility index (Phi) is 5.68. The fourth-order valence-electron chi connectivity index (χ4n) is 2.21. The zero-order valence-corrected chi connectivity index (χ0v) is 15.6. The molecule has 0 aliphatic rings. The Balaban J connectivity index is 0.000000146. The lowest BCUT2D eigenvalue weighted by atomic mass is 10.2. The van der Waals surface area contributed by atoms with Crippen LogP contribution in [0.4, 0.5) is 4.39 Å². The van der Waals surface area contributed by atoms with E-state index in [1.165, 1.54) is 22.6 Å². The molecule has 126 valence electrons. The topological polar surface area (TPSA) is 25.8 Å². The zero-order valence-electron chi connectivity index (χ0n) is 13.9. The smallest absolute Gasteiger partial charge is 0.123 e. The minimum Gasteiger partial charge on any atom is -0.249 e. The van der Waals surface area contributed by atoms with Crippen molar-refractivity contribution in [1.29, 1.82) is 0 Å². The van der Waals surface area contributed by atoms with Crippen molar-refractivity contribution in [3.05, 3.63) is 82.8 Å². The van der Waals surface area contributed by atoms with Gasteiger partial charge in [-0.05, 0) is 37.1 Å². The number of aromatic nitrogens is 2. The zero-order chi connectivity index (χ0) is 17.6. The summed E-state index contributed by atoms with van der Waals surface area (Å²) in [4.78, 5) is 10.7. The van der Waals surface area contributed by atoms with Crippen LogP contribution >= 0.6 is 22.7 Å². The van der Waals surface area contributed by atoms with Crippen LogP contribution in [-0.4, -0.2) is 9.97 Å². The molecule has 25 heavy (non-hydrogen) atoms. The standard InChI is InChI=1S/C10H8FNS.C10H9NS/c1-7-12-6-10(13-7)8-2-4-9(11)5-3-8;1-8-11-7-10(12-8)9-5-3-2-4-6-9/h2-6H,1H3;2-7H,1H3. The molecule has 0 saturated carbocycles. The highest BCUT2D eigenvalue weighted by molar-refractivity contribution is 7.15. The highest BCUT2D eigenvalue weighted by Crippen LogP contribution is 2.26. The molecular weight excluding hydrogens is 351 g/mol. The van der Waals surface area contributed by atoms with Crippen LogP contribution in [0.15, 0.2) is 67.0 Å². The van der Waals surface area contributed by atoms with Crippen LogP contribution in [0.1, 0.15) is 10.0 Å². The largest absolute Gasteiger partial charge is 0.249 e. The van der Waals surface area contributed by atoms with Crippen LogP contribution in [0.25, 0.3) is 20.9 Å². The highest BCUT2D eigenvalue weighted by atomic mass is 32.1. The fraction of sp³-hybridized carbons (Fsp3) is 0.100. The predicted octanol–water partition coefficient (Wildman–Crippen LogP) is 6.38. The van der Waals surface area contributed by atoms with Gasteiger partial charge in [-0.1, -0.05) is 42.5 Å². The lowest BCUT2D eigenvalue weighted by Gasteiger charge is -1.94. The van der Waals surface area contributed by atoms with E-state index in [0.29, 0.717) is 0 Å². The first-order chi connectivity index (χ1) is 12.1. The summed E-state index contributed by atoms with van der Waals surface area (Å²) in [6.07, 6.45) is 3.74. The number of thiazole rings is 2. The predicted molar refractivity (Wildman–Crippen MR) is 105 cm³/mol. The molecule has 4 rings (SSSR count). The molecule has 0 amide bonds. The lowest BCUT2D eigenvalue weighted by Crippen LogP contribution is -1.73. The summed E-state index contributed by atoms with van der Waals surface area (Å²) < 4.78 is 12.6. The summed E-state index contributed by atoms with van der Waals surface area (Å²) in [6, 6.07) is 16.8. The van der Waals surface area contributed by atoms with Gasteiger partial charge in [0.15, 0.2) is 0 Å². The Morgan fingerprint density at radius 1 is 0.680 bits per heavy atom. The van der Waals surface area contributed by atoms with Gasteiger partial charge in [0.25, 0.3) is 0 Å². The maximum absolute atomic E-state index is 12.6. The van der Waals surface area contributed by atoms with E-state index >= 15 is 0 Å². The molecule has 0 fully saturated rings. The molecule has 2 nitrogen and oxygen atoms in total. The molecule has 0 aliphatic carbocycles. The second kappa shape index (κ2) is 8.14. The van der Waals surface area contributed by atoms with Gasteiger partial charge in [-0.15, -0.1) is 22.7 Å². The Hall–Kier alpha value is -2.37. The monoisotopic (exact) mass is 368 g/mol. The first-order valence-electron chi connectivity index (χ1n) is 7.78. The van der Waals surface area contributed by atoms with Crippen molar-refractivity contribution >= 4 is 22.7 Å². The number of aryl methyl sites for hydroxylation is 2. The summed E-state index contributed by atoms with van der Waals surface area (Å²) in [5, 5.41) is 2.15. The molecule has 0 atom stereocenters. The van der Waals surface area contributed by atoms with Gasteiger partial charge < -0.3 is 0 Å². The molecule has 0 saturated heterocycles. The van der Waals surface area contributed by atoms with Crippen LogP contribution in [0.5, 0.6) is 0 Å². The minimum atomic E-state index is -0.204. The van der Waals surface area contributed by atoms with Gasteiger partial charge in [0.1, 0.15) is 5.82 Å². The summed E-state index contributed by atoms with van der Waals surface area (Å²) in [6.45, 7) is 3.98. The van der Waals surface area contributed by atoms with Crippen molar-refractivity contribution in [3.8, 4) is 20.9 Å². The second-order valence-corrected chi connectivity index (χ2v) is 7.83. The summed E-state index contributed by atoms with van der Waals surface area (Å²) in [5.41, 5.74) is 2.27. The molecule has 0 aliphatic heterocycles. The number of hydrogen-bond donors (Lipinski definition) is 0. The van der Waals surface area contributed by atoms with Crippen LogP contribution in [-0.2, 0) is 0 Å². The number of hydrogen-bond acceptors (Lipinski definition) is 4. The number of rotatable bonds is 2. The van der Waals surface area contributed by atoms with Crippen molar-refractivity contribution in [1.82, 2.24) is 9.97 Å². The van der Waals surface area contributed by atoms with Crippen LogP contribution in [0.3, 0.4) is 0 Å². The second-order valence-electron chi connectivity index (χ2n) is 5.36. The van der Waals surface area contributed by atoms with Gasteiger partial charge >= 0.3 is 0 Å². The van der Waals surface area contributed by atoms with E-state index in [0.717, 1.165) is 20.5 Å². The average molecular weight is 369 g/mol. The molecule has 0 radical (unpaired) electrons. The molecule has 0 N–H and O–H groups in total. The molecular formula is C20H17FN2S2. The summed E-state index contributed by atoms with van der Waals surface area (Å²) >= 11 is 3.34. The Morgan fingerprint density at radius 2 is 1.16 bits per heavy atom. The summed E-state index contributed by atoms with van der Waals surface area (Å²) in [5.74, 6) is -0.204. The minimum absolute atomic E-state index is 0.204. The molecule has 0 spiro atoms. The van der Waals surface area contributed by atoms with E-state index in [1.807, 2.05) is 44.4 Å². The quantitative estimate of drug-likeness (QED) is 0.410. The first-order valence-corrected chi connectivity index (χ1v) is 9.41. The van der Waals surface area contributed by atoms with Crippen LogP contribution in [0, 0.1) is 19.7 Å². The Bertz CT molecular complexity index is 928. The van der Waals surface area contributed by atoms with Gasteiger partial charge in [0.2, 0.25) is 0 Å². The van der Waals surface area contributed by atoms with Gasteiger partial charge in [-0.25, -0.2) is 14.4 Å². The van der Waals surface area contributed by atoms with Gasteiger partial charge in [0, 0.05) is 12.4 Å². The van der Waals surface area contributed by atoms with E-state index in [-0.39, 0.29) is 5.82 Å². The van der Waals surface area contributed by atoms with Crippen molar-refractivity contribution in [3.63, 3.8) is 0 Å². The van der Waals surface area contributed by atoms with E-state index in [2.05, 4.69) is 22.1 Å². The van der Waals surface area contributed by atoms with Crippen LogP contribution < -0.4 is 0 Å². The Morgan fingerprint density at radius 3 is 1.60 bits per heavy atom. The van der Waals surface area contributed by atoms with E-state index < -0.39 is 0 Å². The molecule has 5 heteroatoms. The maximum atomic E-state index is 12.6. The number of benzene rings is 2. The number of halogens is 1. The molecule has 2 heterocycles. The molecule has 2 aromatic carbocycles. The van der Waals surface area contributed by atoms with Gasteiger partial charge in [-0.3, -0.25) is 0 Å². The third-order valence-corrected chi connectivity index (χ3v) is 5.35. The van der Waals surface area contributed by atoms with E-state index in [4.69, 9.17) is 0 Å². The number of nitrogens with zero attached hydrogens (tertiary/aromatic N) is 2. The molecule has 0 unspecified atom stereocenters.